The van der Waals surface area contributed by atoms with Crippen LogP contribution in [0.3, 0.4) is 0 Å². The number of benzene rings is 3. The summed E-state index contributed by atoms with van der Waals surface area (Å²) in [6.45, 7) is 7.05. The second-order valence-electron chi connectivity index (χ2n) is 14.1. The first-order valence-corrected chi connectivity index (χ1v) is 19.3. The first-order valence-electron chi connectivity index (χ1n) is 18.9. The Morgan fingerprint density at radius 3 is 2.63 bits per heavy atom. The van der Waals surface area contributed by atoms with Crippen LogP contribution in [0.5, 0.6) is 11.8 Å². The number of carbonyl (C=O) groups excluding carboxylic acids is 4. The molecule has 6 aromatic rings. The SMILES string of the molecule is C=CC(=O)N1CCN(c2ccc(CCC(=O)NCCCCCNC(=O)c3cc(Oc4nc5cc(-c6ccc7c(ccn7C)c6)c(Cl)cc5[nH]4)ccc3C)o2)C(=O)C1. The van der Waals surface area contributed by atoms with Gasteiger partial charge in [0.15, 0.2) is 0 Å². The van der Waals surface area contributed by atoms with Crippen LogP contribution in [0.1, 0.15) is 47.4 Å². The van der Waals surface area contributed by atoms with E-state index in [4.69, 9.17) is 20.8 Å². The van der Waals surface area contributed by atoms with Gasteiger partial charge in [-0.1, -0.05) is 30.3 Å². The maximum Gasteiger partial charge on any atom is 0.300 e. The number of imidazole rings is 1. The van der Waals surface area contributed by atoms with Crippen LogP contribution in [-0.2, 0) is 27.9 Å². The Labute approximate surface area is 334 Å². The Balaban J connectivity index is 0.824. The molecule has 0 unspecified atom stereocenters. The van der Waals surface area contributed by atoms with Gasteiger partial charge in [-0.25, -0.2) is 0 Å². The molecule has 294 valence electrons. The molecule has 3 N–H and O–H groups in total. The molecule has 4 amide bonds. The van der Waals surface area contributed by atoms with Crippen molar-refractivity contribution in [1.82, 2.24) is 30.1 Å². The molecule has 0 radical (unpaired) electrons. The number of unbranched alkanes of at least 4 members (excludes halogenated alkanes) is 2. The minimum absolute atomic E-state index is 0.0311. The zero-order chi connectivity index (χ0) is 40.1. The van der Waals surface area contributed by atoms with Crippen LogP contribution in [0.4, 0.5) is 5.88 Å². The molecule has 3 aromatic carbocycles. The molecule has 0 atom stereocenters. The summed E-state index contributed by atoms with van der Waals surface area (Å²) >= 11 is 6.72. The number of anilines is 1. The maximum atomic E-state index is 13.1. The number of piperazine rings is 1. The zero-order valence-corrected chi connectivity index (χ0v) is 32.7. The number of nitrogens with zero attached hydrogens (tertiary/aromatic N) is 4. The van der Waals surface area contributed by atoms with Crippen molar-refractivity contribution in [2.45, 2.75) is 39.0 Å². The van der Waals surface area contributed by atoms with Crippen LogP contribution < -0.4 is 20.3 Å². The van der Waals surface area contributed by atoms with Gasteiger partial charge in [0, 0.05) is 80.4 Å². The van der Waals surface area contributed by atoms with Gasteiger partial charge in [-0.2, -0.15) is 4.98 Å². The van der Waals surface area contributed by atoms with E-state index in [-0.39, 0.29) is 42.6 Å². The van der Waals surface area contributed by atoms with Crippen molar-refractivity contribution in [2.75, 3.05) is 37.6 Å². The van der Waals surface area contributed by atoms with Gasteiger partial charge >= 0.3 is 0 Å². The van der Waals surface area contributed by atoms with Gasteiger partial charge in [-0.05, 0) is 91.9 Å². The predicted octanol–water partition coefficient (Wildman–Crippen LogP) is 7.08. The molecule has 4 heterocycles. The number of halogens is 1. The van der Waals surface area contributed by atoms with Crippen molar-refractivity contribution in [3.8, 4) is 22.9 Å². The fourth-order valence-corrected chi connectivity index (χ4v) is 7.17. The van der Waals surface area contributed by atoms with Crippen molar-refractivity contribution in [2.24, 2.45) is 7.05 Å². The van der Waals surface area contributed by atoms with Crippen LogP contribution in [0.25, 0.3) is 33.1 Å². The third kappa shape index (κ3) is 9.05. The van der Waals surface area contributed by atoms with Crippen molar-refractivity contribution >= 4 is 63.1 Å². The molecule has 0 aliphatic carbocycles. The largest absolute Gasteiger partial charge is 0.445 e. The van der Waals surface area contributed by atoms with E-state index in [0.717, 1.165) is 52.4 Å². The number of fused-ring (bicyclic) bond motifs is 2. The van der Waals surface area contributed by atoms with E-state index in [1.165, 1.54) is 15.9 Å². The molecule has 1 fully saturated rings. The number of H-pyrrole nitrogens is 1. The average molecular weight is 790 g/mol. The lowest BCUT2D eigenvalue weighted by Crippen LogP contribution is -2.52. The molecule has 13 nitrogen and oxygen atoms in total. The summed E-state index contributed by atoms with van der Waals surface area (Å²) in [5, 5.41) is 7.64. The highest BCUT2D eigenvalue weighted by Gasteiger charge is 2.28. The zero-order valence-electron chi connectivity index (χ0n) is 31.9. The van der Waals surface area contributed by atoms with Crippen LogP contribution in [-0.4, -0.2) is 75.8 Å². The number of ether oxygens (including phenoxy) is 1. The molecule has 14 heteroatoms. The number of amides is 4. The summed E-state index contributed by atoms with van der Waals surface area (Å²) in [6, 6.07) is 21.2. The summed E-state index contributed by atoms with van der Waals surface area (Å²) in [6.07, 6.45) is 6.21. The van der Waals surface area contributed by atoms with Crippen LogP contribution in [0.2, 0.25) is 5.02 Å². The lowest BCUT2D eigenvalue weighted by atomic mass is 10.0. The fraction of sp³-hybridized carbons (Fsp3) is 0.279. The van der Waals surface area contributed by atoms with Crippen LogP contribution in [0, 0.1) is 6.92 Å². The molecular weight excluding hydrogens is 746 g/mol. The smallest absolute Gasteiger partial charge is 0.300 e. The second-order valence-corrected chi connectivity index (χ2v) is 14.5. The van der Waals surface area contributed by atoms with Gasteiger partial charge in [-0.15, -0.1) is 0 Å². The standard InChI is InChI=1S/C43H44ClN7O6/c1-4-39(53)50-20-21-51(40(54)26-50)41-15-12-30(56-41)11-14-38(52)45-17-6-5-7-18-46-42(55)32-23-31(10-8-27(32)2)57-43-47-35-24-33(34(44)25-36(35)48-43)28-9-13-37-29(22-28)16-19-49(37)3/h4,8-10,12-13,15-16,19,22-25H,1,5-7,11,14,17-18,20-21,26H2,2-3H3,(H,45,52)(H,46,55)(H,47,48). The Morgan fingerprint density at radius 1 is 1.00 bits per heavy atom. The summed E-state index contributed by atoms with van der Waals surface area (Å²) in [5.74, 6) is 0.684. The summed E-state index contributed by atoms with van der Waals surface area (Å²) < 4.78 is 14.0. The fourth-order valence-electron chi connectivity index (χ4n) is 6.89. The highest BCUT2D eigenvalue weighted by molar-refractivity contribution is 6.34. The molecule has 1 aliphatic heterocycles. The van der Waals surface area contributed by atoms with E-state index in [0.29, 0.717) is 66.1 Å². The van der Waals surface area contributed by atoms with E-state index in [9.17, 15) is 19.2 Å². The molecular formula is C43H44ClN7O6. The lowest BCUT2D eigenvalue weighted by Gasteiger charge is -2.32. The Kier molecular flexibility index (Phi) is 11.7. The maximum absolute atomic E-state index is 13.1. The van der Waals surface area contributed by atoms with Crippen molar-refractivity contribution in [1.29, 1.82) is 0 Å². The quantitative estimate of drug-likeness (QED) is 0.0742. The highest BCUT2D eigenvalue weighted by Crippen LogP contribution is 2.35. The predicted molar refractivity (Wildman–Crippen MR) is 220 cm³/mol. The third-order valence-corrected chi connectivity index (χ3v) is 10.4. The van der Waals surface area contributed by atoms with E-state index in [2.05, 4.69) is 56.0 Å². The minimum Gasteiger partial charge on any atom is -0.445 e. The normalized spacial score (nSPS) is 13.0. The topological polar surface area (TPSA) is 155 Å². The van der Waals surface area contributed by atoms with Crippen molar-refractivity contribution in [3.63, 3.8) is 0 Å². The molecule has 57 heavy (non-hydrogen) atoms. The number of hydrogen-bond acceptors (Lipinski definition) is 7. The minimum atomic E-state index is -0.277. The van der Waals surface area contributed by atoms with Gasteiger partial charge in [0.2, 0.25) is 23.6 Å². The van der Waals surface area contributed by atoms with Crippen LogP contribution >= 0.6 is 11.6 Å². The van der Waals surface area contributed by atoms with Gasteiger partial charge in [0.1, 0.15) is 18.1 Å². The summed E-state index contributed by atoms with van der Waals surface area (Å²) in [7, 11) is 2.02. The number of aromatic nitrogens is 3. The molecule has 3 aromatic heterocycles. The van der Waals surface area contributed by atoms with E-state index in [1.807, 2.05) is 38.4 Å². The summed E-state index contributed by atoms with van der Waals surface area (Å²) in [4.78, 5) is 60.7. The molecule has 1 saturated heterocycles. The first kappa shape index (κ1) is 38.9. The highest BCUT2D eigenvalue weighted by atomic mass is 35.5. The number of aryl methyl sites for hydroxylation is 3. The van der Waals surface area contributed by atoms with Gasteiger partial charge in [0.25, 0.3) is 11.9 Å². The molecule has 0 saturated carbocycles. The van der Waals surface area contributed by atoms with E-state index in [1.54, 1.807) is 24.3 Å². The number of carbonyl (C=O) groups is 4. The van der Waals surface area contributed by atoms with Crippen molar-refractivity contribution < 1.29 is 28.3 Å². The van der Waals surface area contributed by atoms with Gasteiger partial charge in [0.05, 0.1) is 16.1 Å². The van der Waals surface area contributed by atoms with Gasteiger partial charge in [-0.3, -0.25) is 24.1 Å². The molecule has 0 spiro atoms. The number of furan rings is 1. The lowest BCUT2D eigenvalue weighted by molar-refractivity contribution is -0.133. The first-order chi connectivity index (χ1) is 27.6. The van der Waals surface area contributed by atoms with Crippen LogP contribution in [0.15, 0.2) is 90.0 Å². The monoisotopic (exact) mass is 789 g/mol. The summed E-state index contributed by atoms with van der Waals surface area (Å²) in [5.41, 5.74) is 5.77. The Morgan fingerprint density at radius 2 is 1.82 bits per heavy atom. The number of hydrogen-bond donors (Lipinski definition) is 3. The van der Waals surface area contributed by atoms with E-state index < -0.39 is 0 Å². The Bertz CT molecular complexity index is 2480. The number of aromatic amines is 1. The molecule has 0 bridgehead atoms. The number of rotatable bonds is 15. The van der Waals surface area contributed by atoms with Gasteiger partial charge < -0.3 is 34.2 Å². The number of nitrogens with one attached hydrogen (secondary N) is 3. The Hall–Kier alpha value is -6.34. The van der Waals surface area contributed by atoms with E-state index >= 15 is 0 Å². The molecule has 7 rings (SSSR count). The van der Waals surface area contributed by atoms with Crippen molar-refractivity contribution in [3.05, 3.63) is 107 Å². The average Bonchev–Trinajstić information content (AvgIpc) is 3.94. The third-order valence-electron chi connectivity index (χ3n) is 10.1. The molecule has 1 aliphatic rings. The second kappa shape index (κ2) is 17.2.